The van der Waals surface area contributed by atoms with Crippen LogP contribution in [0.3, 0.4) is 0 Å². The summed E-state index contributed by atoms with van der Waals surface area (Å²) in [6.45, 7) is 6.94. The Labute approximate surface area is 184 Å². The first-order valence-electron chi connectivity index (χ1n) is 11.2. The summed E-state index contributed by atoms with van der Waals surface area (Å²) in [6.07, 6.45) is 6.99. The third kappa shape index (κ3) is 6.54. The lowest BCUT2D eigenvalue weighted by Crippen LogP contribution is -2.30. The zero-order chi connectivity index (χ0) is 22.1. The van der Waals surface area contributed by atoms with Crippen LogP contribution in [0.5, 0.6) is 11.5 Å². The Hall–Kier alpha value is -2.40. The predicted octanol–water partition coefficient (Wildman–Crippen LogP) is 6.60. The highest BCUT2D eigenvalue weighted by Gasteiger charge is 2.27. The van der Waals surface area contributed by atoms with Gasteiger partial charge in [0.2, 0.25) is 5.82 Å². The van der Waals surface area contributed by atoms with Crippen molar-refractivity contribution < 1.29 is 23.0 Å². The van der Waals surface area contributed by atoms with Gasteiger partial charge in [-0.15, -0.1) is 6.58 Å². The molecule has 2 aromatic carbocycles. The second kappa shape index (κ2) is 11.8. The predicted molar refractivity (Wildman–Crippen MR) is 119 cm³/mol. The Balaban J connectivity index is 1.48. The highest BCUT2D eigenvalue weighted by molar-refractivity contribution is 5.33. The number of benzene rings is 2. The molecule has 0 radical (unpaired) electrons. The van der Waals surface area contributed by atoms with Crippen molar-refractivity contribution in [1.82, 2.24) is 0 Å². The summed E-state index contributed by atoms with van der Waals surface area (Å²) in [5.41, 5.74) is 1.61. The Bertz CT molecular complexity index is 827. The van der Waals surface area contributed by atoms with E-state index in [-0.39, 0.29) is 17.8 Å². The second-order valence-corrected chi connectivity index (χ2v) is 7.99. The Morgan fingerprint density at radius 1 is 1.06 bits per heavy atom. The molecule has 5 heteroatoms. The van der Waals surface area contributed by atoms with Gasteiger partial charge in [-0.25, -0.2) is 4.39 Å². The maximum atomic E-state index is 14.6. The van der Waals surface area contributed by atoms with Crippen LogP contribution >= 0.6 is 0 Å². The van der Waals surface area contributed by atoms with Crippen molar-refractivity contribution in [1.29, 1.82) is 0 Å². The zero-order valence-corrected chi connectivity index (χ0v) is 18.2. The van der Waals surface area contributed by atoms with E-state index in [0.29, 0.717) is 25.4 Å². The molecule has 0 saturated carbocycles. The van der Waals surface area contributed by atoms with Crippen LogP contribution in [0.4, 0.5) is 8.78 Å². The first-order chi connectivity index (χ1) is 15.1. The number of halogens is 2. The van der Waals surface area contributed by atoms with E-state index >= 15 is 0 Å². The van der Waals surface area contributed by atoms with Crippen molar-refractivity contribution in [3.63, 3.8) is 0 Å². The van der Waals surface area contributed by atoms with Crippen LogP contribution in [0.25, 0.3) is 0 Å². The van der Waals surface area contributed by atoms with Gasteiger partial charge in [-0.05, 0) is 61.4 Å². The number of allylic oxidation sites excluding steroid dienone is 1. The molecular formula is C26H32F2O3. The molecule has 2 atom stereocenters. The third-order valence-electron chi connectivity index (χ3n) is 5.64. The Morgan fingerprint density at radius 3 is 2.55 bits per heavy atom. The first-order valence-corrected chi connectivity index (χ1v) is 11.2. The van der Waals surface area contributed by atoms with Crippen LogP contribution in [0, 0.1) is 11.6 Å². The maximum absolute atomic E-state index is 14.6. The Morgan fingerprint density at radius 2 is 1.87 bits per heavy atom. The van der Waals surface area contributed by atoms with E-state index < -0.39 is 11.6 Å². The van der Waals surface area contributed by atoms with Crippen molar-refractivity contribution in [2.24, 2.45) is 0 Å². The van der Waals surface area contributed by atoms with Crippen LogP contribution < -0.4 is 9.47 Å². The monoisotopic (exact) mass is 430 g/mol. The molecule has 0 amide bonds. The van der Waals surface area contributed by atoms with Crippen LogP contribution in [0.1, 0.15) is 56.1 Å². The summed E-state index contributed by atoms with van der Waals surface area (Å²) in [5, 5.41) is 0. The maximum Gasteiger partial charge on any atom is 0.200 e. The summed E-state index contributed by atoms with van der Waals surface area (Å²) < 4.78 is 46.1. The van der Waals surface area contributed by atoms with Crippen molar-refractivity contribution >= 4 is 0 Å². The van der Waals surface area contributed by atoms with Gasteiger partial charge in [0.15, 0.2) is 11.6 Å². The van der Waals surface area contributed by atoms with Crippen molar-refractivity contribution in [3.8, 4) is 11.5 Å². The average Bonchev–Trinajstić information content (AvgIpc) is 2.80. The fraction of sp³-hybridized carbons (Fsp3) is 0.462. The summed E-state index contributed by atoms with van der Waals surface area (Å²) >= 11 is 0. The van der Waals surface area contributed by atoms with Gasteiger partial charge in [-0.1, -0.05) is 37.6 Å². The highest BCUT2D eigenvalue weighted by atomic mass is 19.2. The Kier molecular flexibility index (Phi) is 8.89. The van der Waals surface area contributed by atoms with Crippen molar-refractivity contribution in [3.05, 3.63) is 71.8 Å². The van der Waals surface area contributed by atoms with Gasteiger partial charge in [0.05, 0.1) is 19.3 Å². The molecule has 1 saturated heterocycles. The molecule has 3 nitrogen and oxygen atoms in total. The molecule has 0 aliphatic carbocycles. The van der Waals surface area contributed by atoms with Gasteiger partial charge in [-0.3, -0.25) is 0 Å². The zero-order valence-electron chi connectivity index (χ0n) is 18.2. The van der Waals surface area contributed by atoms with Gasteiger partial charge in [-0.2, -0.15) is 4.39 Å². The number of rotatable bonds is 11. The third-order valence-corrected chi connectivity index (χ3v) is 5.64. The van der Waals surface area contributed by atoms with Gasteiger partial charge < -0.3 is 14.2 Å². The SMILES string of the molecule is C=CCCc1ccc(OCC2CCC(c3ccc(OCCCC)c(F)c3F)CO2)cc1. The molecule has 2 aromatic rings. The fourth-order valence-electron chi connectivity index (χ4n) is 3.69. The van der Waals surface area contributed by atoms with Gasteiger partial charge in [0, 0.05) is 5.92 Å². The number of ether oxygens (including phenoxy) is 3. The molecular weight excluding hydrogens is 398 g/mol. The van der Waals surface area contributed by atoms with E-state index in [1.165, 1.54) is 11.6 Å². The molecule has 1 aliphatic rings. The molecule has 0 N–H and O–H groups in total. The molecule has 3 rings (SSSR count). The lowest BCUT2D eigenvalue weighted by molar-refractivity contribution is -0.0218. The average molecular weight is 431 g/mol. The largest absolute Gasteiger partial charge is 0.491 e. The normalized spacial score (nSPS) is 18.5. The topological polar surface area (TPSA) is 27.7 Å². The quantitative estimate of drug-likeness (QED) is 0.297. The van der Waals surface area contributed by atoms with Crippen molar-refractivity contribution in [2.75, 3.05) is 19.8 Å². The van der Waals surface area contributed by atoms with Gasteiger partial charge >= 0.3 is 0 Å². The number of unbranched alkanes of at least 4 members (excludes halogenated alkanes) is 1. The molecule has 1 fully saturated rings. The smallest absolute Gasteiger partial charge is 0.200 e. The number of hydrogen-bond donors (Lipinski definition) is 0. The molecule has 31 heavy (non-hydrogen) atoms. The van der Waals surface area contributed by atoms with E-state index in [2.05, 4.69) is 18.7 Å². The highest BCUT2D eigenvalue weighted by Crippen LogP contribution is 2.33. The molecule has 0 spiro atoms. The summed E-state index contributed by atoms with van der Waals surface area (Å²) in [5.74, 6) is -1.11. The van der Waals surface area contributed by atoms with Crippen LogP contribution in [0.2, 0.25) is 0 Å². The van der Waals surface area contributed by atoms with Crippen LogP contribution in [-0.2, 0) is 11.2 Å². The molecule has 0 aromatic heterocycles. The van der Waals surface area contributed by atoms with E-state index in [0.717, 1.165) is 44.3 Å². The minimum atomic E-state index is -0.907. The molecule has 0 bridgehead atoms. The fourth-order valence-corrected chi connectivity index (χ4v) is 3.69. The molecule has 1 heterocycles. The van der Waals surface area contributed by atoms with Crippen molar-refractivity contribution in [2.45, 2.75) is 57.5 Å². The van der Waals surface area contributed by atoms with Crippen LogP contribution in [0.15, 0.2) is 49.1 Å². The lowest BCUT2D eigenvalue weighted by atomic mass is 9.91. The minimum Gasteiger partial charge on any atom is -0.491 e. The number of hydrogen-bond acceptors (Lipinski definition) is 3. The standard InChI is InChI=1S/C26H32F2O3/c1-3-5-7-19-8-11-21(12-9-19)31-18-22-13-10-20(17-30-22)23-14-15-24(26(28)25(23)27)29-16-6-4-2/h3,8-9,11-12,14-15,20,22H,1,4-7,10,13,16-18H2,2H3. The summed E-state index contributed by atoms with van der Waals surface area (Å²) in [4.78, 5) is 0. The van der Waals surface area contributed by atoms with E-state index in [4.69, 9.17) is 14.2 Å². The second-order valence-electron chi connectivity index (χ2n) is 7.99. The first kappa shape index (κ1) is 23.3. The number of aryl methyl sites for hydroxylation is 1. The molecule has 2 unspecified atom stereocenters. The summed E-state index contributed by atoms with van der Waals surface area (Å²) in [6, 6.07) is 11.2. The molecule has 1 aliphatic heterocycles. The van der Waals surface area contributed by atoms with E-state index in [1.807, 2.05) is 25.1 Å². The van der Waals surface area contributed by atoms with E-state index in [9.17, 15) is 8.78 Å². The summed E-state index contributed by atoms with van der Waals surface area (Å²) in [7, 11) is 0. The molecule has 168 valence electrons. The van der Waals surface area contributed by atoms with Gasteiger partial charge in [0.1, 0.15) is 12.4 Å². The minimum absolute atomic E-state index is 0.0202. The van der Waals surface area contributed by atoms with Crippen LogP contribution in [-0.4, -0.2) is 25.9 Å². The van der Waals surface area contributed by atoms with E-state index in [1.54, 1.807) is 6.07 Å². The lowest BCUT2D eigenvalue weighted by Gasteiger charge is -2.29. The van der Waals surface area contributed by atoms with Gasteiger partial charge in [0.25, 0.3) is 0 Å².